The van der Waals surface area contributed by atoms with Crippen molar-refractivity contribution in [3.8, 4) is 0 Å². The summed E-state index contributed by atoms with van der Waals surface area (Å²) in [7, 11) is 0. The Kier molecular flexibility index (Phi) is 5.46. The smallest absolute Gasteiger partial charge is 0.0549 e. The Balaban J connectivity index is 3.20. The van der Waals surface area contributed by atoms with Gasteiger partial charge >= 0.3 is 0 Å². The number of hydrogen-bond acceptors (Lipinski definition) is 2. The van der Waals surface area contributed by atoms with Crippen LogP contribution in [-0.2, 0) is 0 Å². The maximum absolute atomic E-state index is 11.6. The first kappa shape index (κ1) is 8.59. The minimum Gasteiger partial charge on any atom is -0.330 e. The lowest BCUT2D eigenvalue weighted by Gasteiger charge is -2.05. The lowest BCUT2D eigenvalue weighted by molar-refractivity contribution is 0.289. The molecule has 0 rings (SSSR count). The zero-order valence-electron chi connectivity index (χ0n) is 5.44. The summed E-state index contributed by atoms with van der Waals surface area (Å²) in [5.41, 5.74) is 6.81. The molecule has 0 aromatic rings. The van der Waals surface area contributed by atoms with Crippen LogP contribution in [0.4, 0.5) is 4.48 Å². The van der Waals surface area contributed by atoms with E-state index in [0.717, 1.165) is 12.8 Å². The van der Waals surface area contributed by atoms with Crippen molar-refractivity contribution in [3.05, 3.63) is 12.7 Å². The Bertz CT molecular complexity index is 75.5. The summed E-state index contributed by atoms with van der Waals surface area (Å²) in [6, 6.07) is -0.228. The Morgan fingerprint density at radius 3 is 2.78 bits per heavy atom. The molecule has 0 amide bonds. The van der Waals surface area contributed by atoms with Crippen molar-refractivity contribution >= 4 is 0 Å². The highest BCUT2D eigenvalue weighted by atomic mass is 19.2. The predicted octanol–water partition coefficient (Wildman–Crippen LogP) is 0.754. The first-order chi connectivity index (χ1) is 4.35. The van der Waals surface area contributed by atoms with Gasteiger partial charge in [0, 0.05) is 0 Å². The maximum atomic E-state index is 11.6. The third kappa shape index (κ3) is 4.12. The van der Waals surface area contributed by atoms with Crippen LogP contribution < -0.4 is 11.3 Å². The van der Waals surface area contributed by atoms with Gasteiger partial charge in [-0.2, -0.15) is 5.54 Å². The lowest BCUT2D eigenvalue weighted by Crippen LogP contribution is -2.19. The molecule has 3 heteroatoms. The molecule has 0 spiro atoms. The molecule has 0 fully saturated rings. The van der Waals surface area contributed by atoms with E-state index in [1.807, 2.05) is 0 Å². The number of hydrogen-bond donors (Lipinski definition) is 2. The van der Waals surface area contributed by atoms with Crippen LogP contribution >= 0.6 is 0 Å². The summed E-state index contributed by atoms with van der Waals surface area (Å²) < 4.78 is 11.6. The van der Waals surface area contributed by atoms with Crippen LogP contribution in [0.2, 0.25) is 0 Å². The first-order valence-electron chi connectivity index (χ1n) is 3.04. The minimum absolute atomic E-state index is 0.228. The molecule has 1 unspecified atom stereocenters. The summed E-state index contributed by atoms with van der Waals surface area (Å²) in [6.07, 6.45) is 3.08. The van der Waals surface area contributed by atoms with Crippen molar-refractivity contribution in [3.63, 3.8) is 0 Å². The Hall–Kier alpha value is -0.410. The molecule has 0 aliphatic rings. The lowest BCUT2D eigenvalue weighted by atomic mass is 10.2. The van der Waals surface area contributed by atoms with Crippen molar-refractivity contribution in [2.45, 2.75) is 18.9 Å². The molecule has 0 radical (unpaired) electrons. The van der Waals surface area contributed by atoms with E-state index in [0.29, 0.717) is 6.54 Å². The SMILES string of the molecule is C=CC(CCCN)NF. The molecule has 54 valence electrons. The van der Waals surface area contributed by atoms with Gasteiger partial charge in [-0.25, -0.2) is 0 Å². The molecular weight excluding hydrogens is 119 g/mol. The molecule has 0 saturated heterocycles. The monoisotopic (exact) mass is 132 g/mol. The van der Waals surface area contributed by atoms with Crippen LogP contribution in [0.25, 0.3) is 0 Å². The normalized spacial score (nSPS) is 13.1. The Morgan fingerprint density at radius 2 is 2.44 bits per heavy atom. The minimum atomic E-state index is -0.228. The molecular formula is C6H13FN2. The number of rotatable bonds is 5. The van der Waals surface area contributed by atoms with Gasteiger partial charge in [0.1, 0.15) is 0 Å². The maximum Gasteiger partial charge on any atom is 0.0549 e. The summed E-state index contributed by atoms with van der Waals surface area (Å²) in [5.74, 6) is 0. The first-order valence-corrected chi connectivity index (χ1v) is 3.04. The van der Waals surface area contributed by atoms with Gasteiger partial charge in [-0.05, 0) is 19.4 Å². The van der Waals surface area contributed by atoms with E-state index in [-0.39, 0.29) is 6.04 Å². The quantitative estimate of drug-likeness (QED) is 0.428. The fraction of sp³-hybridized carbons (Fsp3) is 0.667. The number of halogens is 1. The van der Waals surface area contributed by atoms with E-state index in [4.69, 9.17) is 5.73 Å². The van der Waals surface area contributed by atoms with Crippen molar-refractivity contribution in [1.29, 1.82) is 0 Å². The van der Waals surface area contributed by atoms with E-state index in [1.165, 1.54) is 6.08 Å². The fourth-order valence-electron chi connectivity index (χ4n) is 0.555. The van der Waals surface area contributed by atoms with Crippen molar-refractivity contribution < 1.29 is 4.48 Å². The van der Waals surface area contributed by atoms with E-state index >= 15 is 0 Å². The van der Waals surface area contributed by atoms with E-state index in [9.17, 15) is 4.48 Å². The highest BCUT2D eigenvalue weighted by Crippen LogP contribution is 1.95. The van der Waals surface area contributed by atoms with Crippen molar-refractivity contribution in [1.82, 2.24) is 5.54 Å². The zero-order valence-corrected chi connectivity index (χ0v) is 5.44. The van der Waals surface area contributed by atoms with Gasteiger partial charge in [0.25, 0.3) is 0 Å². The Morgan fingerprint density at radius 1 is 1.78 bits per heavy atom. The molecule has 3 N–H and O–H groups in total. The van der Waals surface area contributed by atoms with Gasteiger partial charge in [-0.3, -0.25) is 0 Å². The molecule has 9 heavy (non-hydrogen) atoms. The summed E-state index contributed by atoms with van der Waals surface area (Å²) in [6.45, 7) is 4.04. The molecule has 0 saturated carbocycles. The zero-order chi connectivity index (χ0) is 7.11. The second kappa shape index (κ2) is 5.72. The van der Waals surface area contributed by atoms with E-state index in [2.05, 4.69) is 6.58 Å². The number of nitrogens with two attached hydrogens (primary N) is 1. The van der Waals surface area contributed by atoms with Gasteiger partial charge in [0.15, 0.2) is 0 Å². The number of nitrogens with one attached hydrogen (secondary N) is 1. The van der Waals surface area contributed by atoms with Crippen LogP contribution in [0.15, 0.2) is 12.7 Å². The Labute approximate surface area is 54.9 Å². The van der Waals surface area contributed by atoms with Gasteiger partial charge in [0.2, 0.25) is 0 Å². The highest BCUT2D eigenvalue weighted by Gasteiger charge is 1.99. The topological polar surface area (TPSA) is 38.0 Å². The molecule has 0 heterocycles. The molecule has 0 aliphatic heterocycles. The molecule has 0 aliphatic carbocycles. The van der Waals surface area contributed by atoms with Crippen molar-refractivity contribution in [2.75, 3.05) is 6.54 Å². The van der Waals surface area contributed by atoms with Crippen LogP contribution in [0, 0.1) is 0 Å². The van der Waals surface area contributed by atoms with Gasteiger partial charge in [-0.15, -0.1) is 11.1 Å². The predicted molar refractivity (Wildman–Crippen MR) is 36.5 cm³/mol. The van der Waals surface area contributed by atoms with Gasteiger partial charge in [-0.1, -0.05) is 6.08 Å². The third-order valence-corrected chi connectivity index (χ3v) is 1.14. The van der Waals surface area contributed by atoms with Gasteiger partial charge < -0.3 is 5.73 Å². The second-order valence-corrected chi connectivity index (χ2v) is 1.88. The summed E-state index contributed by atoms with van der Waals surface area (Å²) >= 11 is 0. The molecule has 0 aromatic carbocycles. The molecule has 1 atom stereocenters. The standard InChI is InChI=1S/C6H13FN2/c1-2-6(9-7)4-3-5-8/h2,6,9H,1,3-5,8H2. The third-order valence-electron chi connectivity index (χ3n) is 1.14. The van der Waals surface area contributed by atoms with E-state index in [1.54, 1.807) is 5.54 Å². The summed E-state index contributed by atoms with van der Waals surface area (Å²) in [4.78, 5) is 0. The van der Waals surface area contributed by atoms with Crippen LogP contribution in [-0.4, -0.2) is 12.6 Å². The molecule has 2 nitrogen and oxygen atoms in total. The molecule has 0 aromatic heterocycles. The van der Waals surface area contributed by atoms with Crippen LogP contribution in [0.5, 0.6) is 0 Å². The molecule has 0 bridgehead atoms. The van der Waals surface area contributed by atoms with Crippen LogP contribution in [0.1, 0.15) is 12.8 Å². The van der Waals surface area contributed by atoms with E-state index < -0.39 is 0 Å². The fourth-order valence-corrected chi connectivity index (χ4v) is 0.555. The van der Waals surface area contributed by atoms with Crippen LogP contribution in [0.3, 0.4) is 0 Å². The van der Waals surface area contributed by atoms with Gasteiger partial charge in [0.05, 0.1) is 6.04 Å². The average molecular weight is 132 g/mol. The highest BCUT2D eigenvalue weighted by molar-refractivity contribution is 4.82. The summed E-state index contributed by atoms with van der Waals surface area (Å²) in [5, 5.41) is 0. The second-order valence-electron chi connectivity index (χ2n) is 1.88. The van der Waals surface area contributed by atoms with Crippen molar-refractivity contribution in [2.24, 2.45) is 5.73 Å². The average Bonchev–Trinajstić information content (AvgIpc) is 1.91. The largest absolute Gasteiger partial charge is 0.330 e.